The van der Waals surface area contributed by atoms with Crippen molar-refractivity contribution in [2.24, 2.45) is 11.7 Å². The van der Waals surface area contributed by atoms with E-state index >= 15 is 0 Å². The van der Waals surface area contributed by atoms with Crippen molar-refractivity contribution >= 4 is 0 Å². The summed E-state index contributed by atoms with van der Waals surface area (Å²) in [6, 6.07) is 10.7. The summed E-state index contributed by atoms with van der Waals surface area (Å²) >= 11 is 0. The number of nitrogens with zero attached hydrogens (tertiary/aromatic N) is 1. The highest BCUT2D eigenvalue weighted by Gasteiger charge is 2.24. The molecule has 1 aliphatic rings. The van der Waals surface area contributed by atoms with Crippen LogP contribution in [0, 0.1) is 5.92 Å². The molecule has 2 N–H and O–H groups in total. The molecule has 1 fully saturated rings. The number of nitrogens with two attached hydrogens (primary N) is 1. The zero-order valence-corrected chi connectivity index (χ0v) is 11.2. The maximum atomic E-state index is 5.77. The Kier molecular flexibility index (Phi) is 5.02. The Morgan fingerprint density at radius 2 is 2.06 bits per heavy atom. The number of para-hydroxylation sites is 1. The highest BCUT2D eigenvalue weighted by molar-refractivity contribution is 5.20. The maximum Gasteiger partial charge on any atom is 0.119 e. The molecule has 0 bridgehead atoms. The average Bonchev–Trinajstić information content (AvgIpc) is 2.42. The summed E-state index contributed by atoms with van der Waals surface area (Å²) in [6.45, 7) is 5.98. The molecule has 1 saturated heterocycles. The number of likely N-dealkylation sites (tertiary alicyclic amines) is 1. The predicted octanol–water partition coefficient (Wildman–Crippen LogP) is 2.12. The first-order chi connectivity index (χ1) is 8.79. The highest BCUT2D eigenvalue weighted by Crippen LogP contribution is 2.20. The summed E-state index contributed by atoms with van der Waals surface area (Å²) in [5, 5.41) is 0. The third-order valence-electron chi connectivity index (χ3n) is 3.83. The van der Waals surface area contributed by atoms with Crippen molar-refractivity contribution in [3.63, 3.8) is 0 Å². The summed E-state index contributed by atoms with van der Waals surface area (Å²) in [5.74, 6) is 1.62. The molecule has 1 aromatic carbocycles. The van der Waals surface area contributed by atoms with Crippen LogP contribution in [0.4, 0.5) is 0 Å². The van der Waals surface area contributed by atoms with Crippen LogP contribution in [0.1, 0.15) is 19.8 Å². The smallest absolute Gasteiger partial charge is 0.119 e. The molecule has 0 radical (unpaired) electrons. The van der Waals surface area contributed by atoms with Gasteiger partial charge in [-0.05, 0) is 44.4 Å². The second kappa shape index (κ2) is 6.76. The standard InChI is InChI=1S/C15H24N2O/c1-13-7-8-14(11-16)12-17(13)9-10-18-15-5-3-2-4-6-15/h2-6,13-14H,7-12,16H2,1H3. The van der Waals surface area contributed by atoms with Gasteiger partial charge >= 0.3 is 0 Å². The molecular weight excluding hydrogens is 224 g/mol. The average molecular weight is 248 g/mol. The summed E-state index contributed by atoms with van der Waals surface area (Å²) in [4.78, 5) is 2.50. The molecule has 1 aliphatic heterocycles. The Hall–Kier alpha value is -1.06. The number of hydrogen-bond acceptors (Lipinski definition) is 3. The highest BCUT2D eigenvalue weighted by atomic mass is 16.5. The Balaban J connectivity index is 1.75. The van der Waals surface area contributed by atoms with Gasteiger partial charge in [-0.2, -0.15) is 0 Å². The number of hydrogen-bond donors (Lipinski definition) is 1. The van der Waals surface area contributed by atoms with Crippen LogP contribution in [0.3, 0.4) is 0 Å². The topological polar surface area (TPSA) is 38.5 Å². The molecule has 2 atom stereocenters. The lowest BCUT2D eigenvalue weighted by Crippen LogP contribution is -2.45. The molecule has 1 aromatic rings. The van der Waals surface area contributed by atoms with Crippen LogP contribution in [0.25, 0.3) is 0 Å². The summed E-state index contributed by atoms with van der Waals surface area (Å²) in [5.41, 5.74) is 5.77. The molecule has 0 amide bonds. The molecule has 0 aromatic heterocycles. The fraction of sp³-hybridized carbons (Fsp3) is 0.600. The fourth-order valence-corrected chi connectivity index (χ4v) is 2.56. The van der Waals surface area contributed by atoms with E-state index in [-0.39, 0.29) is 0 Å². The van der Waals surface area contributed by atoms with E-state index in [4.69, 9.17) is 10.5 Å². The first kappa shape index (κ1) is 13.4. The van der Waals surface area contributed by atoms with E-state index in [1.165, 1.54) is 12.8 Å². The SMILES string of the molecule is CC1CCC(CN)CN1CCOc1ccccc1. The van der Waals surface area contributed by atoms with Crippen LogP contribution in [-0.2, 0) is 0 Å². The molecule has 0 aliphatic carbocycles. The minimum absolute atomic E-state index is 0.659. The van der Waals surface area contributed by atoms with Crippen LogP contribution in [0.2, 0.25) is 0 Å². The third kappa shape index (κ3) is 3.72. The van der Waals surface area contributed by atoms with Crippen molar-refractivity contribution < 1.29 is 4.74 Å². The minimum atomic E-state index is 0.659. The van der Waals surface area contributed by atoms with Crippen LogP contribution < -0.4 is 10.5 Å². The van der Waals surface area contributed by atoms with E-state index in [9.17, 15) is 0 Å². The van der Waals surface area contributed by atoms with Gasteiger partial charge < -0.3 is 10.5 Å². The molecule has 2 unspecified atom stereocenters. The van der Waals surface area contributed by atoms with E-state index in [0.717, 1.165) is 32.0 Å². The Bertz CT molecular complexity index is 342. The van der Waals surface area contributed by atoms with E-state index in [0.29, 0.717) is 12.0 Å². The molecule has 0 spiro atoms. The first-order valence-electron chi connectivity index (χ1n) is 6.91. The molecule has 0 saturated carbocycles. The fourth-order valence-electron chi connectivity index (χ4n) is 2.56. The molecule has 3 heteroatoms. The van der Waals surface area contributed by atoms with Gasteiger partial charge in [-0.15, -0.1) is 0 Å². The van der Waals surface area contributed by atoms with E-state index < -0.39 is 0 Å². The predicted molar refractivity (Wildman–Crippen MR) is 74.8 cm³/mol. The van der Waals surface area contributed by atoms with Gasteiger partial charge in [-0.25, -0.2) is 0 Å². The van der Waals surface area contributed by atoms with Crippen molar-refractivity contribution in [3.05, 3.63) is 30.3 Å². The van der Waals surface area contributed by atoms with Crippen LogP contribution >= 0.6 is 0 Å². The zero-order chi connectivity index (χ0) is 12.8. The third-order valence-corrected chi connectivity index (χ3v) is 3.83. The lowest BCUT2D eigenvalue weighted by atomic mass is 9.94. The van der Waals surface area contributed by atoms with Gasteiger partial charge in [0.25, 0.3) is 0 Å². The lowest BCUT2D eigenvalue weighted by Gasteiger charge is -2.37. The van der Waals surface area contributed by atoms with Crippen molar-refractivity contribution in [3.8, 4) is 5.75 Å². The number of benzene rings is 1. The number of rotatable bonds is 5. The molecule has 2 rings (SSSR count). The Morgan fingerprint density at radius 3 is 2.78 bits per heavy atom. The van der Waals surface area contributed by atoms with Gasteiger partial charge in [0, 0.05) is 19.1 Å². The van der Waals surface area contributed by atoms with E-state index in [2.05, 4.69) is 11.8 Å². The molecule has 18 heavy (non-hydrogen) atoms. The molecule has 3 nitrogen and oxygen atoms in total. The van der Waals surface area contributed by atoms with Crippen molar-refractivity contribution in [1.29, 1.82) is 0 Å². The lowest BCUT2D eigenvalue weighted by molar-refractivity contribution is 0.102. The summed E-state index contributed by atoms with van der Waals surface area (Å²) in [6.07, 6.45) is 2.53. The normalized spacial score (nSPS) is 25.0. The maximum absolute atomic E-state index is 5.77. The Labute approximate surface area is 110 Å². The van der Waals surface area contributed by atoms with Gasteiger partial charge in [0.1, 0.15) is 12.4 Å². The first-order valence-corrected chi connectivity index (χ1v) is 6.91. The largest absolute Gasteiger partial charge is 0.492 e. The van der Waals surface area contributed by atoms with Gasteiger partial charge in [0.2, 0.25) is 0 Å². The van der Waals surface area contributed by atoms with Crippen LogP contribution in [-0.4, -0.2) is 37.2 Å². The molecule has 100 valence electrons. The van der Waals surface area contributed by atoms with E-state index in [1.807, 2.05) is 30.3 Å². The number of ether oxygens (including phenoxy) is 1. The van der Waals surface area contributed by atoms with Crippen molar-refractivity contribution in [2.75, 3.05) is 26.2 Å². The van der Waals surface area contributed by atoms with Gasteiger partial charge in [-0.3, -0.25) is 4.90 Å². The van der Waals surface area contributed by atoms with Gasteiger partial charge in [-0.1, -0.05) is 18.2 Å². The van der Waals surface area contributed by atoms with E-state index in [1.54, 1.807) is 0 Å². The zero-order valence-electron chi connectivity index (χ0n) is 11.2. The van der Waals surface area contributed by atoms with Crippen LogP contribution in [0.5, 0.6) is 5.75 Å². The second-order valence-electron chi connectivity index (χ2n) is 5.18. The molecule has 1 heterocycles. The van der Waals surface area contributed by atoms with Gasteiger partial charge in [0.05, 0.1) is 0 Å². The quantitative estimate of drug-likeness (QED) is 0.867. The number of piperidine rings is 1. The second-order valence-corrected chi connectivity index (χ2v) is 5.18. The van der Waals surface area contributed by atoms with Crippen molar-refractivity contribution in [2.45, 2.75) is 25.8 Å². The monoisotopic (exact) mass is 248 g/mol. The summed E-state index contributed by atoms with van der Waals surface area (Å²) in [7, 11) is 0. The minimum Gasteiger partial charge on any atom is -0.492 e. The molecular formula is C15H24N2O. The van der Waals surface area contributed by atoms with Crippen molar-refractivity contribution in [1.82, 2.24) is 4.90 Å². The Morgan fingerprint density at radius 1 is 1.28 bits per heavy atom. The van der Waals surface area contributed by atoms with Crippen LogP contribution in [0.15, 0.2) is 30.3 Å². The van der Waals surface area contributed by atoms with Gasteiger partial charge in [0.15, 0.2) is 0 Å². The summed E-state index contributed by atoms with van der Waals surface area (Å²) < 4.78 is 5.75.